The Balaban J connectivity index is 1.54. The normalized spacial score (nSPS) is 17.7. The number of alkyl halides is 3. The van der Waals surface area contributed by atoms with Gasteiger partial charge in [-0.1, -0.05) is 129 Å². The van der Waals surface area contributed by atoms with Crippen molar-refractivity contribution in [3.05, 3.63) is 155 Å². The number of fused-ring (bicyclic) bond motifs is 6. The van der Waals surface area contributed by atoms with Gasteiger partial charge in [0.15, 0.2) is 0 Å². The van der Waals surface area contributed by atoms with Crippen LogP contribution in [0.15, 0.2) is 121 Å². The zero-order valence-electron chi connectivity index (χ0n) is 24.4. The number of rotatable bonds is 8. The fourth-order valence-corrected chi connectivity index (χ4v) is 8.12. The molecule has 0 bridgehead atoms. The first-order valence-corrected chi connectivity index (χ1v) is 15.5. The van der Waals surface area contributed by atoms with E-state index in [0.717, 1.165) is 24.8 Å². The summed E-state index contributed by atoms with van der Waals surface area (Å²) in [5.74, 6) is 0. The molecule has 43 heavy (non-hydrogen) atoms. The molecule has 5 aromatic rings. The lowest BCUT2D eigenvalue weighted by molar-refractivity contribution is -0.136. The van der Waals surface area contributed by atoms with E-state index in [0.29, 0.717) is 6.42 Å². The Morgan fingerprint density at radius 1 is 0.512 bits per heavy atom. The van der Waals surface area contributed by atoms with E-state index in [-0.39, 0.29) is 6.42 Å². The number of hydrogen-bond acceptors (Lipinski definition) is 0. The molecule has 0 heterocycles. The molecule has 0 saturated carbocycles. The largest absolute Gasteiger partial charge is 0.389 e. The first kappa shape index (κ1) is 27.7. The SMILES string of the molecule is CCCCC1(CCCC(F)(F)F)c2ccccc2-c2cc3c(cc21)-c1ccccc1C3(c1ccccc1)c1ccccc1. The summed E-state index contributed by atoms with van der Waals surface area (Å²) in [5.41, 5.74) is 11.0. The summed E-state index contributed by atoms with van der Waals surface area (Å²) in [4.78, 5) is 0. The van der Waals surface area contributed by atoms with Gasteiger partial charge in [0.25, 0.3) is 0 Å². The molecule has 0 nitrogen and oxygen atoms in total. The summed E-state index contributed by atoms with van der Waals surface area (Å²) in [6.07, 6.45) is -1.50. The number of unbranched alkanes of at least 4 members (excludes halogenated alkanes) is 1. The minimum atomic E-state index is -4.16. The predicted molar refractivity (Wildman–Crippen MR) is 169 cm³/mol. The minimum Gasteiger partial charge on any atom is -0.171 e. The second-order valence-electron chi connectivity index (χ2n) is 12.2. The first-order chi connectivity index (χ1) is 20.9. The fraction of sp³-hybridized carbons (Fsp3) is 0.250. The van der Waals surface area contributed by atoms with E-state index in [1.165, 1.54) is 50.1 Å². The lowest BCUT2D eigenvalue weighted by Crippen LogP contribution is -2.29. The topological polar surface area (TPSA) is 0 Å². The van der Waals surface area contributed by atoms with Crippen LogP contribution in [-0.2, 0) is 10.8 Å². The molecular weight excluding hydrogens is 537 g/mol. The van der Waals surface area contributed by atoms with Gasteiger partial charge in [-0.2, -0.15) is 13.2 Å². The van der Waals surface area contributed by atoms with Crippen LogP contribution in [-0.4, -0.2) is 6.18 Å². The average molecular weight is 573 g/mol. The molecule has 0 spiro atoms. The molecule has 7 rings (SSSR count). The van der Waals surface area contributed by atoms with Gasteiger partial charge in [-0.3, -0.25) is 0 Å². The molecule has 0 aromatic heterocycles. The highest BCUT2D eigenvalue weighted by atomic mass is 19.4. The average Bonchev–Trinajstić information content (AvgIpc) is 3.47. The second-order valence-corrected chi connectivity index (χ2v) is 12.2. The Kier molecular flexibility index (Phi) is 6.80. The van der Waals surface area contributed by atoms with Crippen LogP contribution in [0.5, 0.6) is 0 Å². The fourth-order valence-electron chi connectivity index (χ4n) is 8.12. The smallest absolute Gasteiger partial charge is 0.171 e. The highest BCUT2D eigenvalue weighted by Crippen LogP contribution is 2.61. The van der Waals surface area contributed by atoms with Crippen molar-refractivity contribution in [1.82, 2.24) is 0 Å². The van der Waals surface area contributed by atoms with E-state index < -0.39 is 23.4 Å². The molecule has 0 saturated heterocycles. The van der Waals surface area contributed by atoms with Crippen LogP contribution in [0.3, 0.4) is 0 Å². The van der Waals surface area contributed by atoms with Gasteiger partial charge in [0, 0.05) is 11.8 Å². The van der Waals surface area contributed by atoms with Crippen molar-refractivity contribution in [3.8, 4) is 22.3 Å². The van der Waals surface area contributed by atoms with Crippen LogP contribution in [0, 0.1) is 0 Å². The van der Waals surface area contributed by atoms with E-state index in [2.05, 4.69) is 128 Å². The molecule has 0 N–H and O–H groups in total. The first-order valence-electron chi connectivity index (χ1n) is 15.5. The Bertz CT molecular complexity index is 1730. The van der Waals surface area contributed by atoms with Crippen molar-refractivity contribution in [2.75, 3.05) is 0 Å². The molecule has 0 radical (unpaired) electrons. The van der Waals surface area contributed by atoms with Crippen molar-refractivity contribution < 1.29 is 13.2 Å². The third-order valence-electron chi connectivity index (χ3n) is 9.87. The highest BCUT2D eigenvalue weighted by Gasteiger charge is 2.49. The second kappa shape index (κ2) is 10.6. The summed E-state index contributed by atoms with van der Waals surface area (Å²) in [6.45, 7) is 2.16. The molecule has 0 aliphatic heterocycles. The quantitative estimate of drug-likeness (QED) is 0.170. The monoisotopic (exact) mass is 572 g/mol. The van der Waals surface area contributed by atoms with E-state index >= 15 is 0 Å². The van der Waals surface area contributed by atoms with Gasteiger partial charge in [0.1, 0.15) is 0 Å². The van der Waals surface area contributed by atoms with E-state index in [1.54, 1.807) is 0 Å². The van der Waals surface area contributed by atoms with Crippen LogP contribution in [0.25, 0.3) is 22.3 Å². The third kappa shape index (κ3) is 4.27. The van der Waals surface area contributed by atoms with Crippen LogP contribution in [0.1, 0.15) is 78.8 Å². The standard InChI is InChI=1S/C40H35F3/c1-2-3-23-38(24-14-25-39(41,42)43)34-21-12-10-19-30(34)32-27-37-33(26-36(32)38)31-20-11-13-22-35(31)40(37,28-15-6-4-7-16-28)29-17-8-5-9-18-29/h4-13,15-22,26-27H,2-3,14,23-25H2,1H3. The molecule has 0 amide bonds. The number of halogens is 3. The number of benzene rings is 5. The summed E-state index contributed by atoms with van der Waals surface area (Å²) < 4.78 is 40.4. The number of hydrogen-bond donors (Lipinski definition) is 0. The van der Waals surface area contributed by atoms with Gasteiger partial charge in [0.05, 0.1) is 5.41 Å². The Hall–Kier alpha value is -4.11. The Morgan fingerprint density at radius 2 is 1.00 bits per heavy atom. The minimum absolute atomic E-state index is 0.118. The highest BCUT2D eigenvalue weighted by molar-refractivity contribution is 5.92. The molecule has 216 valence electrons. The maximum absolute atomic E-state index is 13.5. The molecule has 2 aliphatic carbocycles. The lowest BCUT2D eigenvalue weighted by Gasteiger charge is -2.35. The van der Waals surface area contributed by atoms with Crippen molar-refractivity contribution in [1.29, 1.82) is 0 Å². The molecule has 3 heteroatoms. The van der Waals surface area contributed by atoms with Crippen LogP contribution < -0.4 is 0 Å². The maximum Gasteiger partial charge on any atom is 0.389 e. The molecule has 0 fully saturated rings. The van der Waals surface area contributed by atoms with Crippen LogP contribution >= 0.6 is 0 Å². The van der Waals surface area contributed by atoms with E-state index in [9.17, 15) is 13.2 Å². The van der Waals surface area contributed by atoms with Gasteiger partial charge < -0.3 is 0 Å². The van der Waals surface area contributed by atoms with Gasteiger partial charge >= 0.3 is 6.18 Å². The van der Waals surface area contributed by atoms with Crippen molar-refractivity contribution in [2.45, 2.75) is 62.5 Å². The van der Waals surface area contributed by atoms with Crippen LogP contribution in [0.2, 0.25) is 0 Å². The third-order valence-corrected chi connectivity index (χ3v) is 9.87. The van der Waals surface area contributed by atoms with E-state index in [4.69, 9.17) is 0 Å². The zero-order chi connectivity index (χ0) is 29.7. The molecule has 5 aromatic carbocycles. The van der Waals surface area contributed by atoms with Crippen molar-refractivity contribution >= 4 is 0 Å². The van der Waals surface area contributed by atoms with Gasteiger partial charge in [-0.05, 0) is 87.0 Å². The Labute approximate surface area is 252 Å². The van der Waals surface area contributed by atoms with Gasteiger partial charge in [-0.15, -0.1) is 0 Å². The Morgan fingerprint density at radius 3 is 1.60 bits per heavy atom. The van der Waals surface area contributed by atoms with Crippen molar-refractivity contribution in [2.24, 2.45) is 0 Å². The molecule has 1 atom stereocenters. The molecule has 1 unspecified atom stereocenters. The summed E-state index contributed by atoms with van der Waals surface area (Å²) >= 11 is 0. The van der Waals surface area contributed by atoms with E-state index in [1.807, 2.05) is 0 Å². The molecule has 2 aliphatic rings. The van der Waals surface area contributed by atoms with Crippen molar-refractivity contribution in [3.63, 3.8) is 0 Å². The van der Waals surface area contributed by atoms with Gasteiger partial charge in [-0.25, -0.2) is 0 Å². The van der Waals surface area contributed by atoms with Gasteiger partial charge in [0.2, 0.25) is 0 Å². The van der Waals surface area contributed by atoms with Crippen LogP contribution in [0.4, 0.5) is 13.2 Å². The summed E-state index contributed by atoms with van der Waals surface area (Å²) in [6, 6.07) is 43.4. The lowest BCUT2D eigenvalue weighted by atomic mass is 9.67. The zero-order valence-corrected chi connectivity index (χ0v) is 24.4. The maximum atomic E-state index is 13.5. The predicted octanol–water partition coefficient (Wildman–Crippen LogP) is 11.2. The summed E-state index contributed by atoms with van der Waals surface area (Å²) in [5, 5.41) is 0. The molecular formula is C40H35F3. The summed E-state index contributed by atoms with van der Waals surface area (Å²) in [7, 11) is 0.